The van der Waals surface area contributed by atoms with E-state index in [0.717, 1.165) is 21.5 Å². The SMILES string of the molecule is Cn1ccnc1C(O)(CCNC(=O)NCCC(O)(c1nccn1C)C(F)(F)F)C(F)(F)F. The lowest BCUT2D eigenvalue weighted by molar-refractivity contribution is -0.272. The molecular formula is C17H22F6N6O3. The van der Waals surface area contributed by atoms with Crippen LogP contribution < -0.4 is 10.6 Å². The number of hydrogen-bond donors (Lipinski definition) is 4. The summed E-state index contributed by atoms with van der Waals surface area (Å²) in [4.78, 5) is 18.8. The van der Waals surface area contributed by atoms with E-state index in [2.05, 4.69) is 9.97 Å². The summed E-state index contributed by atoms with van der Waals surface area (Å²) in [5.41, 5.74) is -6.71. The molecule has 32 heavy (non-hydrogen) atoms. The molecule has 0 fully saturated rings. The Morgan fingerprint density at radius 2 is 1.19 bits per heavy atom. The molecule has 0 aliphatic rings. The number of carbonyl (C=O) groups excluding carboxylic acids is 1. The van der Waals surface area contributed by atoms with Crippen LogP contribution in [0.5, 0.6) is 0 Å². The van der Waals surface area contributed by atoms with E-state index in [0.29, 0.717) is 0 Å². The predicted octanol–water partition coefficient (Wildman–Crippen LogP) is 1.43. The number of alkyl halides is 6. The molecule has 2 amide bonds. The van der Waals surface area contributed by atoms with Crippen LogP contribution in [0.15, 0.2) is 24.8 Å². The fourth-order valence-electron chi connectivity index (χ4n) is 3.07. The van der Waals surface area contributed by atoms with Crippen LogP contribution in [0.4, 0.5) is 31.1 Å². The van der Waals surface area contributed by atoms with Crippen LogP contribution in [0.3, 0.4) is 0 Å². The first-order chi connectivity index (χ1) is 14.6. The van der Waals surface area contributed by atoms with Crippen molar-refractivity contribution in [2.24, 2.45) is 14.1 Å². The number of carbonyl (C=O) groups is 1. The maximum Gasteiger partial charge on any atom is 0.424 e. The molecule has 0 spiro atoms. The number of rotatable bonds is 8. The Kier molecular flexibility index (Phi) is 7.14. The average Bonchev–Trinajstić information content (AvgIpc) is 3.28. The van der Waals surface area contributed by atoms with Crippen LogP contribution in [-0.2, 0) is 25.3 Å². The number of nitrogens with zero attached hydrogens (tertiary/aromatic N) is 4. The molecule has 0 aromatic carbocycles. The van der Waals surface area contributed by atoms with E-state index in [1.54, 1.807) is 0 Å². The molecule has 15 heteroatoms. The van der Waals surface area contributed by atoms with Gasteiger partial charge in [0.2, 0.25) is 11.2 Å². The van der Waals surface area contributed by atoms with Gasteiger partial charge < -0.3 is 30.0 Å². The van der Waals surface area contributed by atoms with Crippen molar-refractivity contribution >= 4 is 6.03 Å². The third-order valence-electron chi connectivity index (χ3n) is 4.86. The minimum atomic E-state index is -5.10. The molecule has 2 atom stereocenters. The minimum absolute atomic E-state index is 0.669. The number of aliphatic hydroxyl groups is 2. The third kappa shape index (κ3) is 4.98. The minimum Gasteiger partial charge on any atom is -0.374 e. The van der Waals surface area contributed by atoms with E-state index in [9.17, 15) is 41.4 Å². The summed E-state index contributed by atoms with van der Waals surface area (Å²) in [6.07, 6.45) is -7.65. The van der Waals surface area contributed by atoms with E-state index in [1.165, 1.54) is 26.5 Å². The summed E-state index contributed by atoms with van der Waals surface area (Å²) in [6.45, 7) is -1.34. The van der Waals surface area contributed by atoms with Gasteiger partial charge in [0.05, 0.1) is 0 Å². The van der Waals surface area contributed by atoms with Crippen molar-refractivity contribution in [2.45, 2.75) is 36.4 Å². The highest BCUT2D eigenvalue weighted by molar-refractivity contribution is 5.73. The van der Waals surface area contributed by atoms with Crippen LogP contribution in [0.25, 0.3) is 0 Å². The average molecular weight is 472 g/mol. The molecule has 0 bridgehead atoms. The van der Waals surface area contributed by atoms with Gasteiger partial charge in [0.15, 0.2) is 0 Å². The van der Waals surface area contributed by atoms with Crippen LogP contribution >= 0.6 is 0 Å². The normalized spacial score (nSPS) is 16.3. The van der Waals surface area contributed by atoms with Crippen LogP contribution in [0.2, 0.25) is 0 Å². The Balaban J connectivity index is 1.95. The fourth-order valence-corrected chi connectivity index (χ4v) is 3.07. The number of imidazole rings is 2. The zero-order valence-electron chi connectivity index (χ0n) is 17.0. The molecule has 0 radical (unpaired) electrons. The van der Waals surface area contributed by atoms with E-state index in [1.807, 2.05) is 10.6 Å². The first-order valence-electron chi connectivity index (χ1n) is 9.19. The van der Waals surface area contributed by atoms with Gasteiger partial charge >= 0.3 is 18.4 Å². The lowest BCUT2D eigenvalue weighted by Gasteiger charge is -2.30. The van der Waals surface area contributed by atoms with Crippen molar-refractivity contribution < 1.29 is 41.4 Å². The monoisotopic (exact) mass is 472 g/mol. The summed E-state index contributed by atoms with van der Waals surface area (Å²) in [7, 11) is 2.51. The van der Waals surface area contributed by atoms with Crippen LogP contribution in [0, 0.1) is 0 Å². The van der Waals surface area contributed by atoms with E-state index >= 15 is 0 Å². The van der Waals surface area contributed by atoms with Gasteiger partial charge in [-0.2, -0.15) is 26.3 Å². The quantitative estimate of drug-likeness (QED) is 0.434. The van der Waals surface area contributed by atoms with Crippen molar-refractivity contribution in [3.8, 4) is 0 Å². The van der Waals surface area contributed by atoms with Gasteiger partial charge in [-0.15, -0.1) is 0 Å². The number of urea groups is 1. The maximum atomic E-state index is 13.4. The molecule has 0 saturated carbocycles. The topological polar surface area (TPSA) is 117 Å². The van der Waals surface area contributed by atoms with Crippen molar-refractivity contribution in [1.82, 2.24) is 29.7 Å². The summed E-state index contributed by atoms with van der Waals surface area (Å²) in [5.74, 6) is -1.37. The van der Waals surface area contributed by atoms with Crippen LogP contribution in [0.1, 0.15) is 24.5 Å². The van der Waals surface area contributed by atoms with E-state index in [4.69, 9.17) is 0 Å². The van der Waals surface area contributed by atoms with Gasteiger partial charge in [0.25, 0.3) is 0 Å². The van der Waals surface area contributed by atoms with Crippen molar-refractivity contribution in [1.29, 1.82) is 0 Å². The smallest absolute Gasteiger partial charge is 0.374 e. The van der Waals surface area contributed by atoms with Crippen molar-refractivity contribution in [3.05, 3.63) is 36.4 Å². The molecule has 2 aromatic rings. The highest BCUT2D eigenvalue weighted by atomic mass is 19.4. The Morgan fingerprint density at radius 3 is 1.44 bits per heavy atom. The summed E-state index contributed by atoms with van der Waals surface area (Å²) >= 11 is 0. The van der Waals surface area contributed by atoms with Gasteiger partial charge in [-0.3, -0.25) is 0 Å². The van der Waals surface area contributed by atoms with Gasteiger partial charge in [-0.1, -0.05) is 0 Å². The molecule has 180 valence electrons. The zero-order valence-corrected chi connectivity index (χ0v) is 17.0. The highest BCUT2D eigenvalue weighted by Crippen LogP contribution is 2.41. The first kappa shape index (κ1) is 25.5. The Hall–Kier alpha value is -2.81. The highest BCUT2D eigenvalue weighted by Gasteiger charge is 2.58. The number of nitrogens with one attached hydrogen (secondary N) is 2. The van der Waals surface area contributed by atoms with Gasteiger partial charge in [0, 0.05) is 64.8 Å². The standard InChI is InChI=1S/C17H22F6N6O3/c1-28-9-7-24-11(28)14(31,16(18,19)20)3-5-26-13(30)27-6-4-15(32,17(21,22)23)12-25-8-10-29(12)2/h7-10,31-32H,3-6H2,1-2H3,(H2,26,27,30). The number of aryl methyl sites for hydroxylation is 2. The molecule has 9 nitrogen and oxygen atoms in total. The lowest BCUT2D eigenvalue weighted by atomic mass is 9.97. The first-order valence-corrected chi connectivity index (χ1v) is 9.19. The van der Waals surface area contributed by atoms with E-state index in [-0.39, 0.29) is 0 Å². The molecule has 2 unspecified atom stereocenters. The van der Waals surface area contributed by atoms with Crippen molar-refractivity contribution in [3.63, 3.8) is 0 Å². The zero-order chi connectivity index (χ0) is 24.4. The van der Waals surface area contributed by atoms with E-state index < -0.39 is 67.2 Å². The summed E-state index contributed by atoms with van der Waals surface area (Å²) in [6, 6.07) is -1.08. The van der Waals surface area contributed by atoms with Gasteiger partial charge in [0.1, 0.15) is 11.6 Å². The molecule has 2 aromatic heterocycles. The molecule has 0 saturated heterocycles. The number of amides is 2. The Morgan fingerprint density at radius 1 is 0.844 bits per heavy atom. The second-order valence-electron chi connectivity index (χ2n) is 7.12. The Bertz CT molecular complexity index is 854. The maximum absolute atomic E-state index is 13.4. The van der Waals surface area contributed by atoms with Gasteiger partial charge in [-0.25, -0.2) is 14.8 Å². The Labute approximate surface area is 178 Å². The number of halogens is 6. The molecule has 0 aliphatic carbocycles. The van der Waals surface area contributed by atoms with Crippen molar-refractivity contribution in [2.75, 3.05) is 13.1 Å². The summed E-state index contributed by atoms with van der Waals surface area (Å²) in [5, 5.41) is 24.4. The second-order valence-corrected chi connectivity index (χ2v) is 7.12. The van der Waals surface area contributed by atoms with Gasteiger partial charge in [-0.05, 0) is 0 Å². The summed E-state index contributed by atoms with van der Waals surface area (Å²) < 4.78 is 82.4. The lowest BCUT2D eigenvalue weighted by Crippen LogP contribution is -2.49. The molecule has 0 aliphatic heterocycles. The predicted molar refractivity (Wildman–Crippen MR) is 97.0 cm³/mol. The number of aromatic nitrogens is 4. The molecule has 2 rings (SSSR count). The third-order valence-corrected chi connectivity index (χ3v) is 4.86. The largest absolute Gasteiger partial charge is 0.424 e. The second kappa shape index (κ2) is 8.97. The molecule has 4 N–H and O–H groups in total. The molecule has 2 heterocycles. The molecular weight excluding hydrogens is 450 g/mol. The fraction of sp³-hybridized carbons (Fsp3) is 0.588. The number of hydrogen-bond acceptors (Lipinski definition) is 5. The van der Waals surface area contributed by atoms with Crippen LogP contribution in [-0.4, -0.2) is 60.8 Å².